The van der Waals surface area contributed by atoms with E-state index in [1.165, 1.54) is 12.1 Å². The molecule has 2 aliphatic rings. The number of carbonyl (C=O) groups is 1. The second-order valence-electron chi connectivity index (χ2n) is 8.12. The number of piperidine rings is 1. The molecule has 0 bridgehead atoms. The summed E-state index contributed by atoms with van der Waals surface area (Å²) in [5.41, 5.74) is 1.29. The van der Waals surface area contributed by atoms with Crippen LogP contribution in [0.3, 0.4) is 0 Å². The molecule has 0 aromatic heterocycles. The van der Waals surface area contributed by atoms with E-state index in [9.17, 15) is 9.18 Å². The molecule has 1 aromatic rings. The van der Waals surface area contributed by atoms with Gasteiger partial charge in [-0.05, 0) is 68.9 Å². The fourth-order valence-electron chi connectivity index (χ4n) is 4.50. The first-order chi connectivity index (χ1) is 12.5. The molecule has 2 fully saturated rings. The molecule has 26 heavy (non-hydrogen) atoms. The van der Waals surface area contributed by atoms with E-state index in [4.69, 9.17) is 0 Å². The topological polar surface area (TPSA) is 35.6 Å². The SMILES string of the molecule is CCCCN(Cc1ccc(F)cc1)C(=O)[C@H]1CC2(CCNCC2)CN1C. The Labute approximate surface area is 156 Å². The number of unbranched alkanes of at least 4 members (excludes halogenated alkanes) is 1. The van der Waals surface area contributed by atoms with Crippen LogP contribution >= 0.6 is 0 Å². The molecule has 2 heterocycles. The van der Waals surface area contributed by atoms with Crippen LogP contribution < -0.4 is 5.32 Å². The largest absolute Gasteiger partial charge is 0.337 e. The van der Waals surface area contributed by atoms with Crippen molar-refractivity contribution < 1.29 is 9.18 Å². The molecule has 4 nitrogen and oxygen atoms in total. The van der Waals surface area contributed by atoms with E-state index >= 15 is 0 Å². The zero-order chi connectivity index (χ0) is 18.6. The number of halogens is 1. The Balaban J connectivity index is 1.70. The first kappa shape index (κ1) is 19.3. The van der Waals surface area contributed by atoms with Gasteiger partial charge in [0.2, 0.25) is 5.91 Å². The zero-order valence-corrected chi connectivity index (χ0v) is 16.1. The van der Waals surface area contributed by atoms with E-state index in [2.05, 4.69) is 24.2 Å². The van der Waals surface area contributed by atoms with Crippen LogP contribution in [-0.4, -0.2) is 55.0 Å². The minimum Gasteiger partial charge on any atom is -0.337 e. The van der Waals surface area contributed by atoms with Gasteiger partial charge in [0.15, 0.2) is 0 Å². The number of hydrogen-bond donors (Lipinski definition) is 1. The minimum atomic E-state index is -0.233. The molecule has 3 rings (SSSR count). The van der Waals surface area contributed by atoms with Crippen LogP contribution in [0.2, 0.25) is 0 Å². The van der Waals surface area contributed by atoms with Gasteiger partial charge >= 0.3 is 0 Å². The maximum Gasteiger partial charge on any atom is 0.240 e. The average molecular weight is 362 g/mol. The number of likely N-dealkylation sites (tertiary alicyclic amines) is 1. The highest BCUT2D eigenvalue weighted by molar-refractivity contribution is 5.82. The van der Waals surface area contributed by atoms with Crippen molar-refractivity contribution in [2.45, 2.75) is 51.6 Å². The lowest BCUT2D eigenvalue weighted by Crippen LogP contribution is -2.44. The summed E-state index contributed by atoms with van der Waals surface area (Å²) in [6, 6.07) is 6.50. The molecule has 1 N–H and O–H groups in total. The third-order valence-corrected chi connectivity index (χ3v) is 6.07. The lowest BCUT2D eigenvalue weighted by atomic mass is 9.77. The van der Waals surface area contributed by atoms with Gasteiger partial charge in [0, 0.05) is 19.6 Å². The summed E-state index contributed by atoms with van der Waals surface area (Å²) in [6.07, 6.45) is 5.35. The zero-order valence-electron chi connectivity index (χ0n) is 16.1. The fraction of sp³-hybridized carbons (Fsp3) is 0.667. The number of carbonyl (C=O) groups excluding carboxylic acids is 1. The monoisotopic (exact) mass is 361 g/mol. The smallest absolute Gasteiger partial charge is 0.240 e. The Morgan fingerprint density at radius 3 is 2.65 bits per heavy atom. The molecule has 1 atom stereocenters. The summed E-state index contributed by atoms with van der Waals surface area (Å²) in [6.45, 7) is 6.62. The number of amides is 1. The van der Waals surface area contributed by atoms with Gasteiger partial charge in [0.05, 0.1) is 6.04 Å². The summed E-state index contributed by atoms with van der Waals surface area (Å²) in [5.74, 6) is 0.00393. The predicted octanol–water partition coefficient (Wildman–Crippen LogP) is 3.03. The second-order valence-corrected chi connectivity index (χ2v) is 8.12. The molecule has 0 unspecified atom stereocenters. The maximum atomic E-state index is 13.4. The highest BCUT2D eigenvalue weighted by atomic mass is 19.1. The molecular formula is C21H32FN3O. The predicted molar refractivity (Wildman–Crippen MR) is 102 cm³/mol. The molecule has 144 valence electrons. The van der Waals surface area contributed by atoms with Crippen molar-refractivity contribution in [1.82, 2.24) is 15.1 Å². The van der Waals surface area contributed by atoms with E-state index in [1.807, 2.05) is 4.90 Å². The summed E-state index contributed by atoms with van der Waals surface area (Å²) < 4.78 is 13.2. The van der Waals surface area contributed by atoms with E-state index in [-0.39, 0.29) is 17.8 Å². The quantitative estimate of drug-likeness (QED) is 0.846. The van der Waals surface area contributed by atoms with Gasteiger partial charge in [-0.25, -0.2) is 4.39 Å². The molecular weight excluding hydrogens is 329 g/mol. The van der Waals surface area contributed by atoms with Crippen molar-refractivity contribution in [3.63, 3.8) is 0 Å². The molecule has 1 amide bonds. The number of nitrogens with zero attached hydrogens (tertiary/aromatic N) is 2. The van der Waals surface area contributed by atoms with E-state index in [0.717, 1.165) is 63.8 Å². The molecule has 0 radical (unpaired) electrons. The Morgan fingerprint density at radius 2 is 2.00 bits per heavy atom. The van der Waals surface area contributed by atoms with Crippen LogP contribution in [0.25, 0.3) is 0 Å². The number of hydrogen-bond acceptors (Lipinski definition) is 3. The first-order valence-corrected chi connectivity index (χ1v) is 9.97. The summed E-state index contributed by atoms with van der Waals surface area (Å²) >= 11 is 0. The third kappa shape index (κ3) is 4.44. The van der Waals surface area contributed by atoms with Crippen LogP contribution in [0.5, 0.6) is 0 Å². The molecule has 1 aromatic carbocycles. The summed E-state index contributed by atoms with van der Waals surface area (Å²) in [4.78, 5) is 17.6. The van der Waals surface area contributed by atoms with Crippen LogP contribution in [0.1, 0.15) is 44.6 Å². The third-order valence-electron chi connectivity index (χ3n) is 6.07. The molecule has 2 saturated heterocycles. The number of rotatable bonds is 6. The normalized spacial score (nSPS) is 22.7. The Morgan fingerprint density at radius 1 is 1.31 bits per heavy atom. The lowest BCUT2D eigenvalue weighted by Gasteiger charge is -2.33. The fourth-order valence-corrected chi connectivity index (χ4v) is 4.50. The number of likely N-dealkylation sites (N-methyl/N-ethyl adjacent to an activating group) is 1. The summed E-state index contributed by atoms with van der Waals surface area (Å²) in [7, 11) is 2.09. The van der Waals surface area contributed by atoms with Gasteiger partial charge in [-0.1, -0.05) is 25.5 Å². The van der Waals surface area contributed by atoms with Gasteiger partial charge in [0.1, 0.15) is 5.82 Å². The molecule has 2 aliphatic heterocycles. The van der Waals surface area contributed by atoms with E-state index in [1.54, 1.807) is 12.1 Å². The van der Waals surface area contributed by atoms with E-state index in [0.29, 0.717) is 12.0 Å². The highest BCUT2D eigenvalue weighted by Crippen LogP contribution is 2.41. The van der Waals surface area contributed by atoms with Gasteiger partial charge in [-0.2, -0.15) is 0 Å². The molecule has 0 saturated carbocycles. The van der Waals surface area contributed by atoms with Crippen molar-refractivity contribution in [3.05, 3.63) is 35.6 Å². The Bertz CT molecular complexity index is 598. The van der Waals surface area contributed by atoms with Gasteiger partial charge < -0.3 is 10.2 Å². The standard InChI is InChI=1S/C21H32FN3O/c1-3-4-13-25(15-17-5-7-18(22)8-6-17)20(26)19-14-21(16-24(19)2)9-11-23-12-10-21/h5-8,19,23H,3-4,9-16H2,1-2H3/t19-/m1/s1. The van der Waals surface area contributed by atoms with Crippen molar-refractivity contribution >= 4 is 5.91 Å². The molecule has 5 heteroatoms. The number of nitrogens with one attached hydrogen (secondary N) is 1. The van der Waals surface area contributed by atoms with Crippen LogP contribution in [0.15, 0.2) is 24.3 Å². The first-order valence-electron chi connectivity index (χ1n) is 9.97. The maximum absolute atomic E-state index is 13.4. The Hall–Kier alpha value is -1.46. The average Bonchev–Trinajstić information content (AvgIpc) is 2.96. The summed E-state index contributed by atoms with van der Waals surface area (Å²) in [5, 5.41) is 3.44. The van der Waals surface area contributed by atoms with Crippen LogP contribution in [0.4, 0.5) is 4.39 Å². The van der Waals surface area contributed by atoms with Crippen LogP contribution in [-0.2, 0) is 11.3 Å². The van der Waals surface area contributed by atoms with Gasteiger partial charge in [0.25, 0.3) is 0 Å². The van der Waals surface area contributed by atoms with E-state index < -0.39 is 0 Å². The van der Waals surface area contributed by atoms with Gasteiger partial charge in [-0.3, -0.25) is 9.69 Å². The van der Waals surface area contributed by atoms with Crippen LogP contribution in [0, 0.1) is 11.2 Å². The molecule has 1 spiro atoms. The number of benzene rings is 1. The van der Waals surface area contributed by atoms with Gasteiger partial charge in [-0.15, -0.1) is 0 Å². The minimum absolute atomic E-state index is 0.0228. The second kappa shape index (κ2) is 8.49. The molecule has 0 aliphatic carbocycles. The van der Waals surface area contributed by atoms with Crippen molar-refractivity contribution in [2.24, 2.45) is 5.41 Å². The van der Waals surface area contributed by atoms with Crippen molar-refractivity contribution in [3.8, 4) is 0 Å². The van der Waals surface area contributed by atoms with Crippen molar-refractivity contribution in [1.29, 1.82) is 0 Å². The lowest BCUT2D eigenvalue weighted by molar-refractivity contribution is -0.136. The van der Waals surface area contributed by atoms with Crippen molar-refractivity contribution in [2.75, 3.05) is 33.2 Å². The highest BCUT2D eigenvalue weighted by Gasteiger charge is 2.46. The Kier molecular flexibility index (Phi) is 6.30.